The summed E-state index contributed by atoms with van der Waals surface area (Å²) in [6.45, 7) is 7.85. The summed E-state index contributed by atoms with van der Waals surface area (Å²) < 4.78 is 1.79. The number of carboxylic acids is 1. The van der Waals surface area contributed by atoms with Crippen molar-refractivity contribution in [1.29, 1.82) is 0 Å². The molecule has 5 nitrogen and oxygen atoms in total. The predicted molar refractivity (Wildman–Crippen MR) is 77.8 cm³/mol. The Morgan fingerprint density at radius 3 is 2.60 bits per heavy atom. The van der Waals surface area contributed by atoms with Crippen LogP contribution < -0.4 is 0 Å². The molecule has 1 unspecified atom stereocenters. The molecule has 2 heterocycles. The lowest BCUT2D eigenvalue weighted by Gasteiger charge is -2.28. The van der Waals surface area contributed by atoms with Gasteiger partial charge in [-0.3, -0.25) is 14.4 Å². The molecule has 0 radical (unpaired) electrons. The molecule has 0 aliphatic carbocycles. The van der Waals surface area contributed by atoms with E-state index in [1.807, 2.05) is 27.8 Å². The van der Waals surface area contributed by atoms with Crippen LogP contribution in [-0.4, -0.2) is 38.8 Å². The van der Waals surface area contributed by atoms with Crippen LogP contribution in [0.4, 0.5) is 0 Å². The topological polar surface area (TPSA) is 58.4 Å². The smallest absolute Gasteiger partial charge is 0.311 e. The lowest BCUT2D eigenvalue weighted by molar-refractivity contribution is -0.151. The fourth-order valence-corrected chi connectivity index (χ4v) is 3.23. The largest absolute Gasteiger partial charge is 0.481 e. The first kappa shape index (κ1) is 15.3. The molecule has 112 valence electrons. The predicted octanol–water partition coefficient (Wildman–Crippen LogP) is 2.31. The van der Waals surface area contributed by atoms with Gasteiger partial charge in [-0.15, -0.1) is 0 Å². The number of aromatic nitrogens is 2. The van der Waals surface area contributed by atoms with Gasteiger partial charge in [-0.2, -0.15) is 5.10 Å². The van der Waals surface area contributed by atoms with Gasteiger partial charge >= 0.3 is 5.97 Å². The lowest BCUT2D eigenvalue weighted by atomic mass is 9.76. The number of hydrogen-bond donors (Lipinski definition) is 1. The second-order valence-corrected chi connectivity index (χ2v) is 6.42. The van der Waals surface area contributed by atoms with Crippen molar-refractivity contribution in [3.63, 3.8) is 0 Å². The summed E-state index contributed by atoms with van der Waals surface area (Å²) in [7, 11) is 1.87. The Labute approximate surface area is 124 Å². The van der Waals surface area contributed by atoms with Gasteiger partial charge in [0.05, 0.1) is 21.8 Å². The van der Waals surface area contributed by atoms with E-state index < -0.39 is 11.4 Å². The molecule has 1 aliphatic rings. The first-order valence-corrected chi connectivity index (χ1v) is 7.29. The van der Waals surface area contributed by atoms with Gasteiger partial charge in [0.2, 0.25) is 0 Å². The first-order chi connectivity index (χ1) is 9.28. The number of carboxylic acid groups (broad SMARTS) is 1. The minimum atomic E-state index is -0.692. The third-order valence-corrected chi connectivity index (χ3v) is 5.04. The van der Waals surface area contributed by atoms with Gasteiger partial charge in [0.15, 0.2) is 0 Å². The van der Waals surface area contributed by atoms with Gasteiger partial charge < -0.3 is 5.11 Å². The second kappa shape index (κ2) is 5.37. The van der Waals surface area contributed by atoms with Crippen LogP contribution in [0, 0.1) is 18.3 Å². The summed E-state index contributed by atoms with van der Waals surface area (Å²) in [5, 5.41) is 14.5. The number of halogens is 1. The summed E-state index contributed by atoms with van der Waals surface area (Å²) in [4.78, 5) is 13.8. The Morgan fingerprint density at radius 2 is 2.20 bits per heavy atom. The molecule has 0 aromatic carbocycles. The molecule has 1 fully saturated rings. The summed E-state index contributed by atoms with van der Waals surface area (Å²) in [6, 6.07) is 0. The number of rotatable bonds is 4. The highest BCUT2D eigenvalue weighted by Crippen LogP contribution is 2.39. The zero-order chi connectivity index (χ0) is 15.1. The fraction of sp³-hybridized carbons (Fsp3) is 0.714. The highest BCUT2D eigenvalue weighted by atomic mass is 35.5. The Balaban J connectivity index is 2.16. The van der Waals surface area contributed by atoms with E-state index in [9.17, 15) is 9.90 Å². The van der Waals surface area contributed by atoms with Crippen LogP contribution in [0.1, 0.15) is 31.7 Å². The Kier molecular flexibility index (Phi) is 4.12. The molecule has 20 heavy (non-hydrogen) atoms. The molecule has 1 aromatic rings. The highest BCUT2D eigenvalue weighted by molar-refractivity contribution is 6.31. The molecular formula is C14H22ClN3O2. The molecule has 6 heteroatoms. The van der Waals surface area contributed by atoms with Crippen molar-refractivity contribution < 1.29 is 9.90 Å². The van der Waals surface area contributed by atoms with Gasteiger partial charge in [0.1, 0.15) is 0 Å². The van der Waals surface area contributed by atoms with Crippen LogP contribution in [-0.2, 0) is 18.4 Å². The highest BCUT2D eigenvalue weighted by Gasteiger charge is 2.47. The van der Waals surface area contributed by atoms with Crippen LogP contribution in [0.15, 0.2) is 0 Å². The number of nitrogens with zero attached hydrogens (tertiary/aromatic N) is 3. The summed E-state index contributed by atoms with van der Waals surface area (Å²) in [5.41, 5.74) is 1.13. The molecule has 1 aliphatic heterocycles. The van der Waals surface area contributed by atoms with E-state index in [1.165, 1.54) is 0 Å². The van der Waals surface area contributed by atoms with Crippen LogP contribution in [0.2, 0.25) is 5.02 Å². The van der Waals surface area contributed by atoms with E-state index in [0.29, 0.717) is 24.5 Å². The average Bonchev–Trinajstić information content (AvgIpc) is 2.88. The van der Waals surface area contributed by atoms with Gasteiger partial charge in [0, 0.05) is 20.1 Å². The SMILES string of the molecule is Cc1nn(C)c(CN2CCC(C(=O)O)(C(C)C)C2)c1Cl. The van der Waals surface area contributed by atoms with Crippen LogP contribution in [0.25, 0.3) is 0 Å². The maximum absolute atomic E-state index is 11.6. The number of aryl methyl sites for hydroxylation is 2. The van der Waals surface area contributed by atoms with E-state index in [-0.39, 0.29) is 5.92 Å². The summed E-state index contributed by atoms with van der Waals surface area (Å²) in [5.74, 6) is -0.573. The van der Waals surface area contributed by atoms with E-state index in [2.05, 4.69) is 10.00 Å². The molecule has 0 saturated carbocycles. The molecule has 1 aromatic heterocycles. The molecule has 0 spiro atoms. The second-order valence-electron chi connectivity index (χ2n) is 6.05. The molecular weight excluding hydrogens is 278 g/mol. The van der Waals surface area contributed by atoms with E-state index in [1.54, 1.807) is 4.68 Å². The van der Waals surface area contributed by atoms with Crippen LogP contribution >= 0.6 is 11.6 Å². The van der Waals surface area contributed by atoms with Crippen molar-refractivity contribution in [2.45, 2.75) is 33.7 Å². The molecule has 1 N–H and O–H groups in total. The monoisotopic (exact) mass is 299 g/mol. The number of hydrogen-bond acceptors (Lipinski definition) is 3. The van der Waals surface area contributed by atoms with Crippen molar-refractivity contribution in [3.8, 4) is 0 Å². The zero-order valence-corrected chi connectivity index (χ0v) is 13.2. The molecule has 1 atom stereocenters. The molecule has 2 rings (SSSR count). The Morgan fingerprint density at radius 1 is 1.55 bits per heavy atom. The summed E-state index contributed by atoms with van der Waals surface area (Å²) >= 11 is 6.26. The Hall–Kier alpha value is -1.07. The Bertz CT molecular complexity index is 527. The maximum atomic E-state index is 11.6. The van der Waals surface area contributed by atoms with Crippen molar-refractivity contribution >= 4 is 17.6 Å². The van der Waals surface area contributed by atoms with Crippen molar-refractivity contribution in [3.05, 3.63) is 16.4 Å². The van der Waals surface area contributed by atoms with E-state index in [4.69, 9.17) is 11.6 Å². The van der Waals surface area contributed by atoms with Gasteiger partial charge in [-0.25, -0.2) is 0 Å². The number of aliphatic carboxylic acids is 1. The number of likely N-dealkylation sites (tertiary alicyclic amines) is 1. The van der Waals surface area contributed by atoms with Crippen molar-refractivity contribution in [1.82, 2.24) is 14.7 Å². The summed E-state index contributed by atoms with van der Waals surface area (Å²) in [6.07, 6.45) is 0.689. The average molecular weight is 300 g/mol. The van der Waals surface area contributed by atoms with E-state index >= 15 is 0 Å². The fourth-order valence-electron chi connectivity index (χ4n) is 3.01. The molecule has 1 saturated heterocycles. The first-order valence-electron chi connectivity index (χ1n) is 6.91. The van der Waals surface area contributed by atoms with Gasteiger partial charge in [0.25, 0.3) is 0 Å². The van der Waals surface area contributed by atoms with E-state index in [0.717, 1.165) is 17.9 Å². The number of carbonyl (C=O) groups is 1. The van der Waals surface area contributed by atoms with Gasteiger partial charge in [-0.1, -0.05) is 25.4 Å². The van der Waals surface area contributed by atoms with Crippen LogP contribution in [0.5, 0.6) is 0 Å². The third kappa shape index (κ3) is 2.44. The van der Waals surface area contributed by atoms with Gasteiger partial charge in [-0.05, 0) is 25.8 Å². The molecule has 0 bridgehead atoms. The standard InChI is InChI=1S/C14H22ClN3O2/c1-9(2)14(13(19)20)5-6-18(8-14)7-11-12(15)10(3)16-17(11)4/h9H,5-8H2,1-4H3,(H,19,20). The zero-order valence-electron chi connectivity index (χ0n) is 12.5. The quantitative estimate of drug-likeness (QED) is 0.927. The van der Waals surface area contributed by atoms with Crippen molar-refractivity contribution in [2.75, 3.05) is 13.1 Å². The third-order valence-electron chi connectivity index (χ3n) is 4.55. The van der Waals surface area contributed by atoms with Crippen LogP contribution in [0.3, 0.4) is 0 Å². The molecule has 0 amide bonds. The minimum Gasteiger partial charge on any atom is -0.481 e. The van der Waals surface area contributed by atoms with Crippen molar-refractivity contribution in [2.24, 2.45) is 18.4 Å². The minimum absolute atomic E-state index is 0.119. The normalized spacial score (nSPS) is 23.7. The maximum Gasteiger partial charge on any atom is 0.311 e. The lowest BCUT2D eigenvalue weighted by Crippen LogP contribution is -2.39.